The van der Waals surface area contributed by atoms with Gasteiger partial charge in [0.05, 0.1) is 5.75 Å². The number of nitrogens with zero attached hydrogens (tertiary/aromatic N) is 1. The first-order valence-corrected chi connectivity index (χ1v) is 7.79. The maximum atomic E-state index is 12.2. The predicted molar refractivity (Wildman–Crippen MR) is 71.2 cm³/mol. The average Bonchev–Trinajstić information content (AvgIpc) is 2.10. The van der Waals surface area contributed by atoms with Crippen LogP contribution in [0.5, 0.6) is 0 Å². The Balaban J connectivity index is 3.12. The average molecular weight is 262 g/mol. The first kappa shape index (κ1) is 14.9. The summed E-state index contributed by atoms with van der Waals surface area (Å²) in [4.78, 5) is 0. The lowest BCUT2D eigenvalue weighted by molar-refractivity contribution is 0.144. The van der Waals surface area contributed by atoms with E-state index in [4.69, 9.17) is 5.73 Å². The van der Waals surface area contributed by atoms with Crippen LogP contribution in [-0.2, 0) is 10.0 Å². The molecule has 0 amide bonds. The smallest absolute Gasteiger partial charge is 0.214 e. The van der Waals surface area contributed by atoms with E-state index in [1.165, 1.54) is 4.31 Å². The van der Waals surface area contributed by atoms with Crippen molar-refractivity contribution in [3.63, 3.8) is 0 Å². The Morgan fingerprint density at radius 2 is 1.82 bits per heavy atom. The molecule has 1 aliphatic heterocycles. The van der Waals surface area contributed by atoms with Gasteiger partial charge < -0.3 is 5.73 Å². The highest BCUT2D eigenvalue weighted by atomic mass is 32.2. The van der Waals surface area contributed by atoms with Gasteiger partial charge in [0.25, 0.3) is 0 Å². The number of hydrogen-bond acceptors (Lipinski definition) is 3. The van der Waals surface area contributed by atoms with Gasteiger partial charge in [0.2, 0.25) is 10.0 Å². The van der Waals surface area contributed by atoms with E-state index in [0.29, 0.717) is 6.54 Å². The van der Waals surface area contributed by atoms with Gasteiger partial charge in [0.1, 0.15) is 0 Å². The summed E-state index contributed by atoms with van der Waals surface area (Å²) in [5, 5.41) is 0. The van der Waals surface area contributed by atoms with Crippen LogP contribution in [0.3, 0.4) is 0 Å². The largest absolute Gasteiger partial charge is 0.327 e. The summed E-state index contributed by atoms with van der Waals surface area (Å²) in [6.45, 7) is 8.90. The lowest BCUT2D eigenvalue weighted by Crippen LogP contribution is -2.50. The number of rotatable bonds is 1. The van der Waals surface area contributed by atoms with E-state index >= 15 is 0 Å². The fourth-order valence-electron chi connectivity index (χ4n) is 2.65. The normalized spacial score (nSPS) is 35.9. The lowest BCUT2D eigenvalue weighted by atomic mass is 9.70. The molecule has 4 nitrogen and oxygen atoms in total. The summed E-state index contributed by atoms with van der Waals surface area (Å²) in [6.07, 6.45) is 1.73. The van der Waals surface area contributed by atoms with E-state index in [1.807, 2.05) is 13.8 Å². The van der Waals surface area contributed by atoms with Crippen molar-refractivity contribution >= 4 is 10.0 Å². The summed E-state index contributed by atoms with van der Waals surface area (Å²) in [5.41, 5.74) is 5.81. The van der Waals surface area contributed by atoms with Gasteiger partial charge in [-0.2, -0.15) is 0 Å². The Hall–Kier alpha value is -0.130. The van der Waals surface area contributed by atoms with E-state index in [0.717, 1.165) is 12.8 Å². The Morgan fingerprint density at radius 1 is 1.29 bits per heavy atom. The fourth-order valence-corrected chi connectivity index (χ4v) is 4.44. The molecule has 5 heteroatoms. The second kappa shape index (κ2) is 4.52. The van der Waals surface area contributed by atoms with Crippen molar-refractivity contribution in [1.29, 1.82) is 0 Å². The predicted octanol–water partition coefficient (Wildman–Crippen LogP) is 1.42. The Bertz CT molecular complexity index is 376. The monoisotopic (exact) mass is 262 g/mol. The highest BCUT2D eigenvalue weighted by Crippen LogP contribution is 2.41. The van der Waals surface area contributed by atoms with Crippen LogP contribution in [0.4, 0.5) is 0 Å². The third-order valence-corrected chi connectivity index (χ3v) is 6.23. The number of hydrogen-bond donors (Lipinski definition) is 1. The molecular weight excluding hydrogens is 236 g/mol. The van der Waals surface area contributed by atoms with Gasteiger partial charge in [-0.05, 0) is 30.6 Å². The minimum Gasteiger partial charge on any atom is -0.327 e. The molecule has 1 fully saturated rings. The summed E-state index contributed by atoms with van der Waals surface area (Å²) in [7, 11) is -1.51. The number of nitrogens with two attached hydrogens (primary N) is 1. The van der Waals surface area contributed by atoms with Gasteiger partial charge in [-0.3, -0.25) is 0 Å². The van der Waals surface area contributed by atoms with Crippen molar-refractivity contribution in [3.8, 4) is 0 Å². The van der Waals surface area contributed by atoms with E-state index in [1.54, 1.807) is 7.05 Å². The van der Waals surface area contributed by atoms with Crippen LogP contribution in [0.2, 0.25) is 0 Å². The summed E-state index contributed by atoms with van der Waals surface area (Å²) < 4.78 is 25.8. The minimum atomic E-state index is -3.17. The van der Waals surface area contributed by atoms with Gasteiger partial charge in [-0.25, -0.2) is 12.7 Å². The zero-order chi connectivity index (χ0) is 13.5. The third-order valence-electron chi connectivity index (χ3n) is 4.07. The highest BCUT2D eigenvalue weighted by Gasteiger charge is 2.42. The molecule has 0 radical (unpaired) electrons. The van der Waals surface area contributed by atoms with Crippen molar-refractivity contribution in [2.45, 2.75) is 46.6 Å². The topological polar surface area (TPSA) is 63.4 Å². The first-order chi connectivity index (χ1) is 7.49. The Morgan fingerprint density at radius 3 is 2.29 bits per heavy atom. The molecule has 0 aromatic heterocycles. The van der Waals surface area contributed by atoms with Crippen LogP contribution in [0.15, 0.2) is 0 Å². The molecule has 2 N–H and O–H groups in total. The van der Waals surface area contributed by atoms with Crippen LogP contribution in [-0.4, -0.2) is 38.1 Å². The molecule has 1 saturated heterocycles. The molecule has 0 aliphatic carbocycles. The van der Waals surface area contributed by atoms with E-state index < -0.39 is 10.0 Å². The third kappa shape index (κ3) is 3.42. The van der Waals surface area contributed by atoms with Gasteiger partial charge in [0.15, 0.2) is 0 Å². The highest BCUT2D eigenvalue weighted by molar-refractivity contribution is 7.89. The van der Waals surface area contributed by atoms with Gasteiger partial charge in [0, 0.05) is 19.6 Å². The van der Waals surface area contributed by atoms with Crippen molar-refractivity contribution in [2.75, 3.05) is 19.3 Å². The molecule has 2 atom stereocenters. The molecule has 0 aromatic rings. The summed E-state index contributed by atoms with van der Waals surface area (Å²) in [6, 6.07) is -0.122. The Labute approximate surface area is 106 Å². The van der Waals surface area contributed by atoms with E-state index in [2.05, 4.69) is 13.8 Å². The maximum Gasteiger partial charge on any atom is 0.214 e. The standard InChI is InChI=1S/C12H26N2O2S/c1-10(13)12(4)8-11(2,3)6-7-14(5)17(15,16)9-12/h10H,6-9,13H2,1-5H3. The minimum absolute atomic E-state index is 0.122. The van der Waals surface area contributed by atoms with Crippen molar-refractivity contribution in [1.82, 2.24) is 4.31 Å². The second-order valence-electron chi connectivity index (χ2n) is 6.61. The van der Waals surface area contributed by atoms with E-state index in [9.17, 15) is 8.42 Å². The molecule has 0 spiro atoms. The molecule has 17 heavy (non-hydrogen) atoms. The first-order valence-electron chi connectivity index (χ1n) is 6.18. The molecule has 0 bridgehead atoms. The molecule has 1 heterocycles. The van der Waals surface area contributed by atoms with Crippen molar-refractivity contribution < 1.29 is 8.42 Å². The van der Waals surface area contributed by atoms with E-state index in [-0.39, 0.29) is 22.6 Å². The van der Waals surface area contributed by atoms with Crippen LogP contribution in [0.1, 0.15) is 40.5 Å². The lowest BCUT2D eigenvalue weighted by Gasteiger charge is -2.43. The Kier molecular flexibility index (Phi) is 3.97. The SMILES string of the molecule is CC(N)C1(C)CC(C)(C)CCN(C)S(=O)(=O)C1. The zero-order valence-electron chi connectivity index (χ0n) is 11.7. The molecule has 1 rings (SSSR count). The maximum absolute atomic E-state index is 12.2. The van der Waals surface area contributed by atoms with Crippen LogP contribution < -0.4 is 5.73 Å². The van der Waals surface area contributed by atoms with Gasteiger partial charge in [-0.1, -0.05) is 20.8 Å². The zero-order valence-corrected chi connectivity index (χ0v) is 12.5. The van der Waals surface area contributed by atoms with Crippen LogP contribution in [0.25, 0.3) is 0 Å². The van der Waals surface area contributed by atoms with Gasteiger partial charge >= 0.3 is 0 Å². The summed E-state index contributed by atoms with van der Waals surface area (Å²) >= 11 is 0. The van der Waals surface area contributed by atoms with Gasteiger partial charge in [-0.15, -0.1) is 0 Å². The molecule has 1 aliphatic rings. The molecular formula is C12H26N2O2S. The van der Waals surface area contributed by atoms with Crippen molar-refractivity contribution in [2.24, 2.45) is 16.6 Å². The van der Waals surface area contributed by atoms with Crippen LogP contribution >= 0.6 is 0 Å². The molecule has 2 unspecified atom stereocenters. The molecule has 0 saturated carbocycles. The number of sulfonamides is 1. The molecule has 102 valence electrons. The van der Waals surface area contributed by atoms with Crippen molar-refractivity contribution in [3.05, 3.63) is 0 Å². The second-order valence-corrected chi connectivity index (χ2v) is 8.69. The summed E-state index contributed by atoms with van der Waals surface area (Å²) in [5.74, 6) is 0.150. The van der Waals surface area contributed by atoms with Crippen LogP contribution in [0, 0.1) is 10.8 Å². The quantitative estimate of drug-likeness (QED) is 0.777. The fraction of sp³-hybridized carbons (Fsp3) is 1.00. The molecule has 0 aromatic carbocycles.